The third kappa shape index (κ3) is 3.94. The number of hydrogen-bond acceptors (Lipinski definition) is 4. The summed E-state index contributed by atoms with van der Waals surface area (Å²) in [6.45, 7) is 5.47. The van der Waals surface area contributed by atoms with Crippen molar-refractivity contribution in [1.82, 2.24) is 4.98 Å². The number of pyridine rings is 1. The summed E-state index contributed by atoms with van der Waals surface area (Å²) in [5.41, 5.74) is 0.107. The third-order valence-corrected chi connectivity index (χ3v) is 1.99. The van der Waals surface area contributed by atoms with Crippen molar-refractivity contribution in [1.29, 1.82) is 0 Å². The molecule has 0 N–H and O–H groups in total. The highest BCUT2D eigenvalue weighted by Gasteiger charge is 2.20. The smallest absolute Gasteiger partial charge is 0.414 e. The van der Waals surface area contributed by atoms with E-state index >= 15 is 0 Å². The van der Waals surface area contributed by atoms with Crippen molar-refractivity contribution in [3.05, 3.63) is 18.5 Å². The van der Waals surface area contributed by atoms with Gasteiger partial charge in [0, 0.05) is 13.1 Å². The van der Waals surface area contributed by atoms with E-state index in [0.717, 1.165) is 0 Å². The summed E-state index contributed by atoms with van der Waals surface area (Å²) in [4.78, 5) is 17.2. The SMILES string of the molecule is COc1cncc(N(C)C(=O)OC(C)(C)C)c1. The van der Waals surface area contributed by atoms with Gasteiger partial charge in [-0.3, -0.25) is 9.88 Å². The number of ether oxygens (including phenoxy) is 2. The molecular formula is C12H18N2O3. The van der Waals surface area contributed by atoms with Crippen LogP contribution in [0.4, 0.5) is 10.5 Å². The molecule has 1 aromatic rings. The Labute approximate surface area is 101 Å². The van der Waals surface area contributed by atoms with Gasteiger partial charge in [-0.15, -0.1) is 0 Å². The largest absolute Gasteiger partial charge is 0.495 e. The van der Waals surface area contributed by atoms with Crippen molar-refractivity contribution in [3.8, 4) is 5.75 Å². The molecule has 0 atom stereocenters. The second-order valence-corrected chi connectivity index (χ2v) is 4.62. The Balaban J connectivity index is 2.81. The van der Waals surface area contributed by atoms with Gasteiger partial charge in [0.25, 0.3) is 0 Å². The average Bonchev–Trinajstić information content (AvgIpc) is 2.26. The first-order chi connectivity index (χ1) is 7.83. The zero-order valence-electron chi connectivity index (χ0n) is 10.9. The molecule has 0 radical (unpaired) electrons. The lowest BCUT2D eigenvalue weighted by molar-refractivity contribution is 0.0589. The van der Waals surface area contributed by atoms with Gasteiger partial charge in [-0.2, -0.15) is 0 Å². The predicted molar refractivity (Wildman–Crippen MR) is 65.4 cm³/mol. The Bertz CT molecular complexity index is 399. The van der Waals surface area contributed by atoms with Crippen LogP contribution in [-0.4, -0.2) is 30.8 Å². The van der Waals surface area contributed by atoms with Gasteiger partial charge in [-0.05, 0) is 20.8 Å². The van der Waals surface area contributed by atoms with Gasteiger partial charge < -0.3 is 9.47 Å². The highest BCUT2D eigenvalue weighted by atomic mass is 16.6. The molecule has 0 aromatic carbocycles. The topological polar surface area (TPSA) is 51.7 Å². The number of aromatic nitrogens is 1. The molecule has 17 heavy (non-hydrogen) atoms. The van der Waals surface area contributed by atoms with Gasteiger partial charge in [-0.25, -0.2) is 4.79 Å². The lowest BCUT2D eigenvalue weighted by Crippen LogP contribution is -2.34. The van der Waals surface area contributed by atoms with Crippen LogP contribution in [0.2, 0.25) is 0 Å². The molecule has 1 rings (SSSR count). The van der Waals surface area contributed by atoms with Crippen molar-refractivity contribution >= 4 is 11.8 Å². The van der Waals surface area contributed by atoms with Crippen molar-refractivity contribution in [2.24, 2.45) is 0 Å². The summed E-state index contributed by atoms with van der Waals surface area (Å²) in [5, 5.41) is 0. The molecule has 0 saturated carbocycles. The van der Waals surface area contributed by atoms with Crippen LogP contribution in [0.3, 0.4) is 0 Å². The standard InChI is InChI=1S/C12H18N2O3/c1-12(2,3)17-11(15)14(4)9-6-10(16-5)8-13-7-9/h6-8H,1-5H3. The van der Waals surface area contributed by atoms with E-state index in [2.05, 4.69) is 4.98 Å². The van der Waals surface area contributed by atoms with Crippen LogP contribution >= 0.6 is 0 Å². The van der Waals surface area contributed by atoms with Gasteiger partial charge in [0.1, 0.15) is 11.4 Å². The maximum atomic E-state index is 11.8. The molecule has 0 spiro atoms. The number of nitrogens with zero attached hydrogens (tertiary/aromatic N) is 2. The van der Waals surface area contributed by atoms with Crippen LogP contribution in [0.25, 0.3) is 0 Å². The second-order valence-electron chi connectivity index (χ2n) is 4.62. The van der Waals surface area contributed by atoms with Crippen LogP contribution in [0, 0.1) is 0 Å². The van der Waals surface area contributed by atoms with Crippen LogP contribution in [-0.2, 0) is 4.74 Å². The summed E-state index contributed by atoms with van der Waals surface area (Å²) < 4.78 is 10.3. The molecule has 94 valence electrons. The van der Waals surface area contributed by atoms with Crippen molar-refractivity contribution in [2.45, 2.75) is 26.4 Å². The highest BCUT2D eigenvalue weighted by molar-refractivity contribution is 5.87. The summed E-state index contributed by atoms with van der Waals surface area (Å²) in [7, 11) is 3.18. The molecule has 0 aliphatic heterocycles. The van der Waals surface area contributed by atoms with Gasteiger partial charge in [0.05, 0.1) is 25.2 Å². The maximum Gasteiger partial charge on any atom is 0.414 e. The van der Waals surface area contributed by atoms with E-state index in [4.69, 9.17) is 9.47 Å². The minimum absolute atomic E-state index is 0.424. The molecule has 0 aliphatic carbocycles. The fourth-order valence-corrected chi connectivity index (χ4v) is 1.14. The van der Waals surface area contributed by atoms with E-state index in [9.17, 15) is 4.79 Å². The number of carbonyl (C=O) groups excluding carboxylic acids is 1. The first kappa shape index (κ1) is 13.3. The Morgan fingerprint density at radius 2 is 2.00 bits per heavy atom. The minimum atomic E-state index is -0.516. The number of methoxy groups -OCH3 is 1. The first-order valence-corrected chi connectivity index (χ1v) is 5.29. The van der Waals surface area contributed by atoms with E-state index in [1.165, 1.54) is 4.90 Å². The van der Waals surface area contributed by atoms with Crippen LogP contribution in [0.5, 0.6) is 5.75 Å². The molecule has 5 heteroatoms. The number of amides is 1. The van der Waals surface area contributed by atoms with E-state index in [1.54, 1.807) is 32.6 Å². The zero-order valence-corrected chi connectivity index (χ0v) is 10.9. The zero-order chi connectivity index (χ0) is 13.1. The molecule has 0 aliphatic rings. The molecule has 1 aromatic heterocycles. The quantitative estimate of drug-likeness (QED) is 0.794. The van der Waals surface area contributed by atoms with Crippen LogP contribution in [0.1, 0.15) is 20.8 Å². The summed E-state index contributed by atoms with van der Waals surface area (Å²) >= 11 is 0. The number of anilines is 1. The van der Waals surface area contributed by atoms with Crippen molar-refractivity contribution < 1.29 is 14.3 Å². The molecule has 1 heterocycles. The Morgan fingerprint density at radius 3 is 2.53 bits per heavy atom. The Kier molecular flexibility index (Phi) is 3.93. The van der Waals surface area contributed by atoms with Gasteiger partial charge >= 0.3 is 6.09 Å². The van der Waals surface area contributed by atoms with Gasteiger partial charge in [0.15, 0.2) is 0 Å². The first-order valence-electron chi connectivity index (χ1n) is 5.29. The maximum absolute atomic E-state index is 11.8. The molecule has 0 unspecified atom stereocenters. The molecule has 0 saturated heterocycles. The Morgan fingerprint density at radius 1 is 1.35 bits per heavy atom. The predicted octanol–water partition coefficient (Wildman–Crippen LogP) is 2.46. The summed E-state index contributed by atoms with van der Waals surface area (Å²) in [5.74, 6) is 0.595. The Hall–Kier alpha value is -1.78. The number of carbonyl (C=O) groups is 1. The average molecular weight is 238 g/mol. The second kappa shape index (κ2) is 5.03. The van der Waals surface area contributed by atoms with Gasteiger partial charge in [0.2, 0.25) is 0 Å². The van der Waals surface area contributed by atoms with Crippen LogP contribution < -0.4 is 9.64 Å². The van der Waals surface area contributed by atoms with Gasteiger partial charge in [-0.1, -0.05) is 0 Å². The van der Waals surface area contributed by atoms with Crippen molar-refractivity contribution in [3.63, 3.8) is 0 Å². The van der Waals surface area contributed by atoms with E-state index < -0.39 is 11.7 Å². The summed E-state index contributed by atoms with van der Waals surface area (Å²) in [6, 6.07) is 1.72. The normalized spacial score (nSPS) is 10.9. The molecular weight excluding hydrogens is 220 g/mol. The number of rotatable bonds is 2. The monoisotopic (exact) mass is 238 g/mol. The lowest BCUT2D eigenvalue weighted by Gasteiger charge is -2.24. The molecule has 5 nitrogen and oxygen atoms in total. The van der Waals surface area contributed by atoms with E-state index in [1.807, 2.05) is 20.8 Å². The molecule has 1 amide bonds. The van der Waals surface area contributed by atoms with E-state index in [-0.39, 0.29) is 0 Å². The van der Waals surface area contributed by atoms with Crippen molar-refractivity contribution in [2.75, 3.05) is 19.1 Å². The molecule has 0 fully saturated rings. The fourth-order valence-electron chi connectivity index (χ4n) is 1.14. The fraction of sp³-hybridized carbons (Fsp3) is 0.500. The number of hydrogen-bond donors (Lipinski definition) is 0. The third-order valence-electron chi connectivity index (χ3n) is 1.99. The van der Waals surface area contributed by atoms with E-state index in [0.29, 0.717) is 11.4 Å². The highest BCUT2D eigenvalue weighted by Crippen LogP contribution is 2.20. The minimum Gasteiger partial charge on any atom is -0.495 e. The summed E-state index contributed by atoms with van der Waals surface area (Å²) in [6.07, 6.45) is 2.73. The lowest BCUT2D eigenvalue weighted by atomic mass is 10.2. The van der Waals surface area contributed by atoms with Crippen LogP contribution in [0.15, 0.2) is 18.5 Å². The molecule has 0 bridgehead atoms.